The Morgan fingerprint density at radius 2 is 1.31 bits per heavy atom. The predicted octanol–water partition coefficient (Wildman–Crippen LogP) is 4.84. The van der Waals surface area contributed by atoms with Gasteiger partial charge < -0.3 is 10.1 Å². The summed E-state index contributed by atoms with van der Waals surface area (Å²) in [5.74, 6) is 1.45. The Labute approximate surface area is 204 Å². The lowest BCUT2D eigenvalue weighted by molar-refractivity contribution is -0.117. The monoisotopic (exact) mass is 468 g/mol. The van der Waals surface area contributed by atoms with Crippen LogP contribution in [0, 0.1) is 0 Å². The van der Waals surface area contributed by atoms with E-state index in [-0.39, 0.29) is 11.6 Å². The molecule has 1 N–H and O–H groups in total. The van der Waals surface area contributed by atoms with Gasteiger partial charge in [0.25, 0.3) is 0 Å². The normalized spacial score (nSPS) is 13.9. The Balaban J connectivity index is 1.24. The van der Waals surface area contributed by atoms with E-state index in [0.29, 0.717) is 12.3 Å². The van der Waals surface area contributed by atoms with E-state index in [9.17, 15) is 9.59 Å². The maximum Gasteiger partial charge on any atom is 0.337 e. The second-order valence-electron chi connectivity index (χ2n) is 8.66. The fourth-order valence-electron chi connectivity index (χ4n) is 4.30. The van der Waals surface area contributed by atoms with Crippen LogP contribution < -0.4 is 15.7 Å². The first-order chi connectivity index (χ1) is 17.2. The highest BCUT2D eigenvalue weighted by Gasteiger charge is 2.14. The Morgan fingerprint density at radius 1 is 0.743 bits per heavy atom. The SMILES string of the molecule is O=C(CN1CCCCC1)Nc1ccc(-n2ccn(-c3ccc(Oc4ccccc4)cc3)c2=O)cc1. The Hall–Kier alpha value is -4.10. The Kier molecular flexibility index (Phi) is 6.77. The molecule has 1 aliphatic heterocycles. The zero-order valence-electron chi connectivity index (χ0n) is 19.5. The third-order valence-electron chi connectivity index (χ3n) is 6.12. The molecule has 7 nitrogen and oxygen atoms in total. The average Bonchev–Trinajstić information content (AvgIpc) is 3.27. The van der Waals surface area contributed by atoms with E-state index >= 15 is 0 Å². The zero-order chi connectivity index (χ0) is 24.0. The van der Waals surface area contributed by atoms with Crippen LogP contribution in [0.15, 0.2) is 96.1 Å². The molecule has 0 spiro atoms. The summed E-state index contributed by atoms with van der Waals surface area (Å²) in [7, 11) is 0. The van der Waals surface area contributed by atoms with E-state index in [1.54, 1.807) is 21.5 Å². The Bertz CT molecular complexity index is 1320. The summed E-state index contributed by atoms with van der Waals surface area (Å²) in [5, 5.41) is 2.95. The quantitative estimate of drug-likeness (QED) is 0.421. The molecule has 2 heterocycles. The zero-order valence-corrected chi connectivity index (χ0v) is 19.5. The van der Waals surface area contributed by atoms with Crippen LogP contribution >= 0.6 is 0 Å². The number of carbonyl (C=O) groups excluding carboxylic acids is 1. The largest absolute Gasteiger partial charge is 0.457 e. The number of benzene rings is 3. The van der Waals surface area contributed by atoms with Gasteiger partial charge in [0.2, 0.25) is 5.91 Å². The molecule has 35 heavy (non-hydrogen) atoms. The maximum atomic E-state index is 13.0. The third kappa shape index (κ3) is 5.53. The highest BCUT2D eigenvalue weighted by atomic mass is 16.5. The minimum atomic E-state index is -0.177. The van der Waals surface area contributed by atoms with Crippen molar-refractivity contribution in [3.8, 4) is 22.9 Å². The lowest BCUT2D eigenvalue weighted by Gasteiger charge is -2.25. The van der Waals surface area contributed by atoms with Crippen LogP contribution in [-0.2, 0) is 4.79 Å². The van der Waals surface area contributed by atoms with E-state index in [0.717, 1.165) is 48.7 Å². The summed E-state index contributed by atoms with van der Waals surface area (Å²) in [6.07, 6.45) is 7.03. The van der Waals surface area contributed by atoms with E-state index in [2.05, 4.69) is 10.2 Å². The van der Waals surface area contributed by atoms with Gasteiger partial charge in [-0.3, -0.25) is 18.8 Å². The van der Waals surface area contributed by atoms with Crippen LogP contribution in [0.3, 0.4) is 0 Å². The number of likely N-dealkylation sites (tertiary alicyclic amines) is 1. The van der Waals surface area contributed by atoms with Crippen LogP contribution in [0.1, 0.15) is 19.3 Å². The molecule has 0 bridgehead atoms. The molecule has 178 valence electrons. The summed E-state index contributed by atoms with van der Waals surface area (Å²) in [5.41, 5.74) is 2.02. The number of nitrogens with zero attached hydrogens (tertiary/aromatic N) is 3. The molecular weight excluding hydrogens is 440 g/mol. The highest BCUT2D eigenvalue weighted by Crippen LogP contribution is 2.22. The van der Waals surface area contributed by atoms with Gasteiger partial charge in [-0.25, -0.2) is 4.79 Å². The van der Waals surface area contributed by atoms with E-state index in [1.165, 1.54) is 6.42 Å². The van der Waals surface area contributed by atoms with Crippen molar-refractivity contribution in [2.75, 3.05) is 25.0 Å². The lowest BCUT2D eigenvalue weighted by atomic mass is 10.1. The summed E-state index contributed by atoms with van der Waals surface area (Å²) in [4.78, 5) is 27.6. The molecule has 0 unspecified atom stereocenters. The van der Waals surface area contributed by atoms with Gasteiger partial charge in [0.05, 0.1) is 17.9 Å². The van der Waals surface area contributed by atoms with Crippen molar-refractivity contribution in [3.63, 3.8) is 0 Å². The van der Waals surface area contributed by atoms with Crippen molar-refractivity contribution in [1.82, 2.24) is 14.0 Å². The molecule has 0 atom stereocenters. The summed E-state index contributed by atoms with van der Waals surface area (Å²) in [6, 6.07) is 24.3. The standard InChI is InChI=1S/C28H28N4O3/c33-27(21-30-17-5-2-6-18-30)29-22-9-11-23(12-10-22)31-19-20-32(28(31)34)24-13-15-26(16-14-24)35-25-7-3-1-4-8-25/h1,3-4,7-16,19-20H,2,5-6,17-18,21H2,(H,29,33). The average molecular weight is 469 g/mol. The van der Waals surface area contributed by atoms with Crippen molar-refractivity contribution >= 4 is 11.6 Å². The number of rotatable bonds is 7. The minimum absolute atomic E-state index is 0.0114. The maximum absolute atomic E-state index is 13.0. The Morgan fingerprint density at radius 3 is 1.94 bits per heavy atom. The van der Waals surface area contributed by atoms with Crippen LogP contribution in [0.2, 0.25) is 0 Å². The topological polar surface area (TPSA) is 68.5 Å². The van der Waals surface area contributed by atoms with E-state index < -0.39 is 0 Å². The van der Waals surface area contributed by atoms with Crippen LogP contribution in [0.4, 0.5) is 5.69 Å². The molecule has 0 radical (unpaired) electrons. The number of imidazole rings is 1. The number of ether oxygens (including phenoxy) is 1. The molecule has 1 fully saturated rings. The lowest BCUT2D eigenvalue weighted by Crippen LogP contribution is -2.36. The van der Waals surface area contributed by atoms with Crippen molar-refractivity contribution in [2.24, 2.45) is 0 Å². The van der Waals surface area contributed by atoms with Gasteiger partial charge in [-0.1, -0.05) is 24.6 Å². The van der Waals surface area contributed by atoms with Gasteiger partial charge in [-0.2, -0.15) is 0 Å². The first-order valence-electron chi connectivity index (χ1n) is 11.9. The first kappa shape index (κ1) is 22.7. The van der Waals surface area contributed by atoms with Gasteiger partial charge in [0.1, 0.15) is 11.5 Å². The van der Waals surface area contributed by atoms with E-state index in [1.807, 2.05) is 78.9 Å². The molecule has 1 aromatic heterocycles. The smallest absolute Gasteiger partial charge is 0.337 e. The molecule has 1 amide bonds. The second kappa shape index (κ2) is 10.4. The molecule has 5 rings (SSSR count). The second-order valence-corrected chi connectivity index (χ2v) is 8.66. The molecular formula is C28H28N4O3. The minimum Gasteiger partial charge on any atom is -0.457 e. The van der Waals surface area contributed by atoms with Crippen molar-refractivity contribution in [3.05, 3.63) is 102 Å². The number of aromatic nitrogens is 2. The molecule has 1 aliphatic rings. The number of nitrogens with one attached hydrogen (secondary N) is 1. The van der Waals surface area contributed by atoms with Gasteiger partial charge in [0, 0.05) is 18.1 Å². The first-order valence-corrected chi connectivity index (χ1v) is 11.9. The molecule has 1 saturated heterocycles. The van der Waals surface area contributed by atoms with Crippen LogP contribution in [0.25, 0.3) is 11.4 Å². The van der Waals surface area contributed by atoms with Gasteiger partial charge in [0.15, 0.2) is 0 Å². The molecule has 0 aliphatic carbocycles. The number of carbonyl (C=O) groups is 1. The van der Waals surface area contributed by atoms with Gasteiger partial charge in [-0.15, -0.1) is 0 Å². The van der Waals surface area contributed by atoms with Gasteiger partial charge >= 0.3 is 5.69 Å². The third-order valence-corrected chi connectivity index (χ3v) is 6.12. The number of hydrogen-bond acceptors (Lipinski definition) is 4. The molecule has 7 heteroatoms. The summed E-state index contributed by atoms with van der Waals surface area (Å²) >= 11 is 0. The van der Waals surface area contributed by atoms with Crippen molar-refractivity contribution in [1.29, 1.82) is 0 Å². The van der Waals surface area contributed by atoms with Crippen LogP contribution in [-0.4, -0.2) is 39.6 Å². The molecule has 0 saturated carbocycles. The van der Waals surface area contributed by atoms with Crippen molar-refractivity contribution in [2.45, 2.75) is 19.3 Å². The number of piperidine rings is 1. The fraction of sp³-hybridized carbons (Fsp3) is 0.214. The molecule has 3 aromatic carbocycles. The summed E-state index contributed by atoms with van der Waals surface area (Å²) < 4.78 is 8.99. The van der Waals surface area contributed by atoms with Crippen LogP contribution in [0.5, 0.6) is 11.5 Å². The highest BCUT2D eigenvalue weighted by molar-refractivity contribution is 5.92. The number of hydrogen-bond donors (Lipinski definition) is 1. The van der Waals surface area contributed by atoms with E-state index in [4.69, 9.17) is 4.74 Å². The number of anilines is 1. The number of para-hydroxylation sites is 1. The van der Waals surface area contributed by atoms with Crippen molar-refractivity contribution < 1.29 is 9.53 Å². The number of amides is 1. The molecule has 4 aromatic rings. The summed E-state index contributed by atoms with van der Waals surface area (Å²) in [6.45, 7) is 2.38. The predicted molar refractivity (Wildman–Crippen MR) is 137 cm³/mol. The fourth-order valence-corrected chi connectivity index (χ4v) is 4.30. The van der Waals surface area contributed by atoms with Gasteiger partial charge in [-0.05, 0) is 86.6 Å².